The van der Waals surface area contributed by atoms with Crippen molar-refractivity contribution in [2.24, 2.45) is 5.92 Å². The van der Waals surface area contributed by atoms with Crippen LogP contribution in [0.4, 0.5) is 0 Å². The first-order chi connectivity index (χ1) is 7.97. The molecule has 1 N–H and O–H groups in total. The summed E-state index contributed by atoms with van der Waals surface area (Å²) in [7, 11) is -3.46. The van der Waals surface area contributed by atoms with Crippen LogP contribution >= 0.6 is 15.9 Å². The van der Waals surface area contributed by atoms with E-state index in [1.54, 1.807) is 18.3 Å². The molecule has 0 fully saturated rings. The Labute approximate surface area is 111 Å². The van der Waals surface area contributed by atoms with Gasteiger partial charge in [-0.15, -0.1) is 0 Å². The van der Waals surface area contributed by atoms with Crippen LogP contribution in [0.1, 0.15) is 20.3 Å². The normalized spacial score (nSPS) is 13.9. The number of halogens is 1. The lowest BCUT2D eigenvalue weighted by Crippen LogP contribution is -2.38. The molecule has 1 rings (SSSR count). The van der Waals surface area contributed by atoms with Gasteiger partial charge < -0.3 is 0 Å². The molecular weight excluding hydrogens is 304 g/mol. The van der Waals surface area contributed by atoms with Crippen LogP contribution in [0.2, 0.25) is 0 Å². The van der Waals surface area contributed by atoms with Crippen LogP contribution in [0.15, 0.2) is 29.4 Å². The standard InChI is InChI=1S/C11H17BrN2O2S/c1-9(2)11(5-6-12)14-17(15,16)10-4-3-7-13-8-10/h3-4,7-9,11,14H,5-6H2,1-2H3. The number of aromatic nitrogens is 1. The molecule has 6 heteroatoms. The van der Waals surface area contributed by atoms with Gasteiger partial charge in [0.25, 0.3) is 0 Å². The molecule has 0 aliphatic rings. The van der Waals surface area contributed by atoms with Crippen LogP contribution in [0, 0.1) is 5.92 Å². The molecule has 1 atom stereocenters. The zero-order valence-electron chi connectivity index (χ0n) is 9.93. The summed E-state index contributed by atoms with van der Waals surface area (Å²) in [4.78, 5) is 4.03. The molecule has 1 aromatic rings. The number of alkyl halides is 1. The first kappa shape index (κ1) is 14.6. The molecule has 0 aliphatic carbocycles. The van der Waals surface area contributed by atoms with Crippen molar-refractivity contribution in [3.05, 3.63) is 24.5 Å². The van der Waals surface area contributed by atoms with E-state index in [0.717, 1.165) is 11.8 Å². The highest BCUT2D eigenvalue weighted by Crippen LogP contribution is 2.13. The van der Waals surface area contributed by atoms with Gasteiger partial charge in [-0.05, 0) is 24.5 Å². The third kappa shape index (κ3) is 4.37. The second-order valence-corrected chi connectivity index (χ2v) is 6.65. The first-order valence-corrected chi connectivity index (χ1v) is 8.06. The fourth-order valence-corrected chi connectivity index (χ4v) is 3.29. The molecule has 0 saturated heterocycles. The van der Waals surface area contributed by atoms with E-state index in [1.165, 1.54) is 6.20 Å². The van der Waals surface area contributed by atoms with Crippen LogP contribution in [-0.2, 0) is 10.0 Å². The average molecular weight is 321 g/mol. The van der Waals surface area contributed by atoms with Gasteiger partial charge in [0.1, 0.15) is 4.90 Å². The van der Waals surface area contributed by atoms with Crippen molar-refractivity contribution in [3.8, 4) is 0 Å². The lowest BCUT2D eigenvalue weighted by atomic mass is 10.0. The van der Waals surface area contributed by atoms with Crippen LogP contribution in [0.3, 0.4) is 0 Å². The summed E-state index contributed by atoms with van der Waals surface area (Å²) in [6.07, 6.45) is 3.67. The molecule has 96 valence electrons. The molecule has 4 nitrogen and oxygen atoms in total. The van der Waals surface area contributed by atoms with Crippen LogP contribution in [-0.4, -0.2) is 24.8 Å². The minimum atomic E-state index is -3.46. The quantitative estimate of drug-likeness (QED) is 0.817. The predicted molar refractivity (Wildman–Crippen MR) is 71.6 cm³/mol. The number of pyridine rings is 1. The summed E-state index contributed by atoms with van der Waals surface area (Å²) in [5.41, 5.74) is 0. The van der Waals surface area contributed by atoms with Gasteiger partial charge in [-0.1, -0.05) is 29.8 Å². The van der Waals surface area contributed by atoms with Crippen molar-refractivity contribution in [1.82, 2.24) is 9.71 Å². The third-order valence-electron chi connectivity index (χ3n) is 2.48. The Bertz CT molecular complexity index is 434. The molecule has 0 bridgehead atoms. The molecule has 0 amide bonds. The van der Waals surface area contributed by atoms with E-state index in [4.69, 9.17) is 0 Å². The zero-order valence-corrected chi connectivity index (χ0v) is 12.3. The number of nitrogens with one attached hydrogen (secondary N) is 1. The number of sulfonamides is 1. The smallest absolute Gasteiger partial charge is 0.242 e. The second-order valence-electron chi connectivity index (χ2n) is 4.14. The highest BCUT2D eigenvalue weighted by Gasteiger charge is 2.21. The third-order valence-corrected chi connectivity index (χ3v) is 4.41. The average Bonchev–Trinajstić information content (AvgIpc) is 2.29. The maximum absolute atomic E-state index is 12.1. The van der Waals surface area contributed by atoms with E-state index in [0.29, 0.717) is 0 Å². The fraction of sp³-hybridized carbons (Fsp3) is 0.545. The largest absolute Gasteiger partial charge is 0.263 e. The summed E-state index contributed by atoms with van der Waals surface area (Å²) >= 11 is 3.33. The molecule has 1 aromatic heterocycles. The number of nitrogens with zero attached hydrogens (tertiary/aromatic N) is 1. The van der Waals surface area contributed by atoms with Gasteiger partial charge in [-0.2, -0.15) is 0 Å². The van der Waals surface area contributed by atoms with Crippen molar-refractivity contribution in [1.29, 1.82) is 0 Å². The zero-order chi connectivity index (χ0) is 12.9. The van der Waals surface area contributed by atoms with Crippen LogP contribution < -0.4 is 4.72 Å². The van der Waals surface area contributed by atoms with Crippen molar-refractivity contribution in [2.75, 3.05) is 5.33 Å². The maximum Gasteiger partial charge on any atom is 0.242 e. The van der Waals surface area contributed by atoms with E-state index in [9.17, 15) is 8.42 Å². The molecule has 0 aliphatic heterocycles. The Kier molecular flexibility index (Phi) is 5.55. The molecule has 1 heterocycles. The minimum absolute atomic E-state index is 0.0698. The van der Waals surface area contributed by atoms with E-state index >= 15 is 0 Å². The molecule has 0 saturated carbocycles. The number of hydrogen-bond donors (Lipinski definition) is 1. The van der Waals surface area contributed by atoms with Crippen molar-refractivity contribution in [2.45, 2.75) is 31.2 Å². The Morgan fingerprint density at radius 3 is 2.65 bits per heavy atom. The Balaban J connectivity index is 2.85. The summed E-state index contributed by atoms with van der Waals surface area (Å²) in [6.45, 7) is 4.00. The number of rotatable bonds is 6. The first-order valence-electron chi connectivity index (χ1n) is 5.45. The SMILES string of the molecule is CC(C)C(CCBr)NS(=O)(=O)c1cccnc1. The van der Waals surface area contributed by atoms with Gasteiger partial charge in [-0.3, -0.25) is 4.98 Å². The van der Waals surface area contributed by atoms with Crippen LogP contribution in [0.5, 0.6) is 0 Å². The second kappa shape index (κ2) is 6.47. The van der Waals surface area contributed by atoms with E-state index < -0.39 is 10.0 Å². The predicted octanol–water partition coefficient (Wildman–Crippen LogP) is 2.17. The van der Waals surface area contributed by atoms with Gasteiger partial charge in [-0.25, -0.2) is 13.1 Å². The molecule has 17 heavy (non-hydrogen) atoms. The van der Waals surface area contributed by atoms with Gasteiger partial charge in [0, 0.05) is 23.8 Å². The Morgan fingerprint density at radius 2 is 2.18 bits per heavy atom. The summed E-state index contributed by atoms with van der Waals surface area (Å²) in [5, 5.41) is 0.769. The molecule has 0 radical (unpaired) electrons. The molecule has 1 unspecified atom stereocenters. The highest BCUT2D eigenvalue weighted by molar-refractivity contribution is 9.09. The lowest BCUT2D eigenvalue weighted by molar-refractivity contribution is 0.440. The van der Waals surface area contributed by atoms with Gasteiger partial charge in [0.05, 0.1) is 0 Å². The molecule has 0 spiro atoms. The number of hydrogen-bond acceptors (Lipinski definition) is 3. The summed E-state index contributed by atoms with van der Waals surface area (Å²) in [6, 6.07) is 3.09. The van der Waals surface area contributed by atoms with Gasteiger partial charge in [0.15, 0.2) is 0 Å². The van der Waals surface area contributed by atoms with Gasteiger partial charge >= 0.3 is 0 Å². The van der Waals surface area contributed by atoms with E-state index in [1.807, 2.05) is 13.8 Å². The van der Waals surface area contributed by atoms with Crippen molar-refractivity contribution in [3.63, 3.8) is 0 Å². The summed E-state index contributed by atoms with van der Waals surface area (Å²) < 4.78 is 26.8. The van der Waals surface area contributed by atoms with Crippen molar-refractivity contribution < 1.29 is 8.42 Å². The highest BCUT2D eigenvalue weighted by atomic mass is 79.9. The maximum atomic E-state index is 12.1. The van der Waals surface area contributed by atoms with Gasteiger partial charge in [0.2, 0.25) is 10.0 Å². The fourth-order valence-electron chi connectivity index (χ4n) is 1.42. The minimum Gasteiger partial charge on any atom is -0.263 e. The monoisotopic (exact) mass is 320 g/mol. The van der Waals surface area contributed by atoms with E-state index in [2.05, 4.69) is 25.6 Å². The Morgan fingerprint density at radius 1 is 1.47 bits per heavy atom. The van der Waals surface area contributed by atoms with Crippen LogP contribution in [0.25, 0.3) is 0 Å². The summed E-state index contributed by atoms with van der Waals surface area (Å²) in [5.74, 6) is 0.249. The van der Waals surface area contributed by atoms with E-state index in [-0.39, 0.29) is 16.9 Å². The lowest BCUT2D eigenvalue weighted by Gasteiger charge is -2.21. The molecular formula is C11H17BrN2O2S. The Hall–Kier alpha value is -0.460. The molecule has 0 aromatic carbocycles. The van der Waals surface area contributed by atoms with Crippen molar-refractivity contribution >= 4 is 26.0 Å². The topological polar surface area (TPSA) is 59.1 Å².